The molecule has 0 unspecified atom stereocenters. The van der Waals surface area contributed by atoms with Crippen molar-refractivity contribution >= 4 is 0 Å². The topological polar surface area (TPSA) is 13.7 Å². The highest BCUT2D eigenvalue weighted by molar-refractivity contribution is 5.37. The molecule has 0 aromatic heterocycles. The zero-order valence-corrected chi connectivity index (χ0v) is 9.74. The first-order valence-corrected chi connectivity index (χ1v) is 6.50. The van der Waals surface area contributed by atoms with E-state index in [2.05, 4.69) is 24.3 Å². The molecule has 1 aromatic carbocycles. The van der Waals surface area contributed by atoms with Crippen molar-refractivity contribution in [1.82, 2.24) is 0 Å². The van der Waals surface area contributed by atoms with Crippen molar-refractivity contribution in [2.75, 3.05) is 19.6 Å². The van der Waals surface area contributed by atoms with Crippen molar-refractivity contribution in [2.24, 2.45) is 0 Å². The van der Waals surface area contributed by atoms with Crippen molar-refractivity contribution in [2.45, 2.75) is 31.8 Å². The van der Waals surface area contributed by atoms with Gasteiger partial charge in [-0.2, -0.15) is 0 Å². The second-order valence-electron chi connectivity index (χ2n) is 5.07. The van der Waals surface area contributed by atoms with Gasteiger partial charge in [0.05, 0.1) is 13.1 Å². The van der Waals surface area contributed by atoms with Crippen LogP contribution in [0.3, 0.4) is 0 Å². The lowest BCUT2D eigenvalue weighted by atomic mass is 10.1. The van der Waals surface area contributed by atoms with E-state index in [0.29, 0.717) is 6.10 Å². The third kappa shape index (κ3) is 2.07. The number of hydrogen-bond donors (Lipinski definition) is 1. The zero-order chi connectivity index (χ0) is 10.8. The number of nitrogens with one attached hydrogen (secondary N) is 1. The maximum atomic E-state index is 5.99. The lowest BCUT2D eigenvalue weighted by Gasteiger charge is -2.25. The van der Waals surface area contributed by atoms with Crippen LogP contribution in [-0.4, -0.2) is 25.7 Å². The van der Waals surface area contributed by atoms with Crippen molar-refractivity contribution in [1.29, 1.82) is 0 Å². The van der Waals surface area contributed by atoms with E-state index in [9.17, 15) is 0 Å². The minimum atomic E-state index is 0.422. The number of ether oxygens (including phenoxy) is 1. The van der Waals surface area contributed by atoms with Crippen LogP contribution < -0.4 is 9.64 Å². The Kier molecular flexibility index (Phi) is 2.83. The first-order valence-electron chi connectivity index (χ1n) is 6.50. The summed E-state index contributed by atoms with van der Waals surface area (Å²) in [7, 11) is 0. The fourth-order valence-electron chi connectivity index (χ4n) is 2.95. The number of hydrogen-bond acceptors (Lipinski definition) is 1. The van der Waals surface area contributed by atoms with Gasteiger partial charge in [-0.15, -0.1) is 0 Å². The van der Waals surface area contributed by atoms with Crippen molar-refractivity contribution in [3.63, 3.8) is 0 Å². The molecule has 0 radical (unpaired) electrons. The highest BCUT2D eigenvalue weighted by Gasteiger charge is 2.27. The molecule has 0 bridgehead atoms. The summed E-state index contributed by atoms with van der Waals surface area (Å²) < 4.78 is 5.99. The molecule has 2 nitrogen and oxygen atoms in total. The average Bonchev–Trinajstić information content (AvgIpc) is 2.72. The van der Waals surface area contributed by atoms with Crippen LogP contribution in [-0.2, 0) is 6.42 Å². The Bertz CT molecular complexity index is 333. The first kappa shape index (κ1) is 10.2. The van der Waals surface area contributed by atoms with Crippen LogP contribution in [0.5, 0.6) is 5.75 Å². The highest BCUT2D eigenvalue weighted by Crippen LogP contribution is 2.27. The molecule has 2 heteroatoms. The summed E-state index contributed by atoms with van der Waals surface area (Å²) in [5.41, 5.74) is 1.39. The van der Waals surface area contributed by atoms with Gasteiger partial charge in [-0.25, -0.2) is 0 Å². The van der Waals surface area contributed by atoms with Gasteiger partial charge < -0.3 is 9.64 Å². The van der Waals surface area contributed by atoms with E-state index in [-0.39, 0.29) is 0 Å². The predicted octanol–water partition coefficient (Wildman–Crippen LogP) is 1.06. The maximum absolute atomic E-state index is 5.99. The Morgan fingerprint density at radius 3 is 2.75 bits per heavy atom. The molecule has 1 N–H and O–H groups in total. The fraction of sp³-hybridized carbons (Fsp3) is 0.571. The second kappa shape index (κ2) is 4.46. The molecule has 2 aliphatic heterocycles. The van der Waals surface area contributed by atoms with Gasteiger partial charge in [0.1, 0.15) is 12.3 Å². The van der Waals surface area contributed by atoms with Crippen LogP contribution >= 0.6 is 0 Å². The minimum Gasteiger partial charge on any atom is -0.484 e. The van der Waals surface area contributed by atoms with Crippen LogP contribution in [0.1, 0.15) is 24.8 Å². The Balaban J connectivity index is 1.59. The van der Waals surface area contributed by atoms with Crippen LogP contribution in [0, 0.1) is 0 Å². The summed E-state index contributed by atoms with van der Waals surface area (Å²) in [4.78, 5) is 1.74. The molecular weight excluding hydrogens is 198 g/mol. The lowest BCUT2D eigenvalue weighted by Crippen LogP contribution is -3.14. The lowest BCUT2D eigenvalue weighted by molar-refractivity contribution is -0.907. The molecule has 0 aliphatic carbocycles. The third-order valence-corrected chi connectivity index (χ3v) is 3.79. The Labute approximate surface area is 97.2 Å². The van der Waals surface area contributed by atoms with Gasteiger partial charge >= 0.3 is 0 Å². The molecule has 0 amide bonds. The van der Waals surface area contributed by atoms with Gasteiger partial charge in [0.15, 0.2) is 6.10 Å². The molecule has 1 saturated heterocycles. The number of para-hydroxylation sites is 1. The molecule has 16 heavy (non-hydrogen) atoms. The number of rotatable bonds is 2. The van der Waals surface area contributed by atoms with E-state index in [0.717, 1.165) is 12.2 Å². The third-order valence-electron chi connectivity index (χ3n) is 3.79. The molecule has 0 saturated carbocycles. The van der Waals surface area contributed by atoms with Crippen LogP contribution in [0.2, 0.25) is 0 Å². The molecule has 2 aliphatic rings. The van der Waals surface area contributed by atoms with Gasteiger partial charge in [-0.3, -0.25) is 0 Å². The zero-order valence-electron chi connectivity index (χ0n) is 9.74. The summed E-state index contributed by atoms with van der Waals surface area (Å²) >= 11 is 0. The van der Waals surface area contributed by atoms with Crippen LogP contribution in [0.4, 0.5) is 0 Å². The first-order chi connectivity index (χ1) is 7.92. The highest BCUT2D eigenvalue weighted by atomic mass is 16.5. The predicted molar refractivity (Wildman–Crippen MR) is 64.0 cm³/mol. The van der Waals surface area contributed by atoms with E-state index in [1.165, 1.54) is 44.5 Å². The largest absolute Gasteiger partial charge is 0.484 e. The molecule has 0 spiro atoms. The number of quaternary nitrogens is 1. The molecule has 86 valence electrons. The standard InChI is InChI=1S/C14H19NO/c1-4-8-15(9-5-1)11-13-10-12-6-2-3-7-14(12)16-13/h2-3,6-7,13H,1,4-5,8-11H2/p+1/t13-/m0/s1. The molecule has 3 rings (SSSR count). The van der Waals surface area contributed by atoms with Crippen molar-refractivity contribution < 1.29 is 9.64 Å². The summed E-state index contributed by atoms with van der Waals surface area (Å²) in [6.45, 7) is 3.88. The Morgan fingerprint density at radius 1 is 1.12 bits per heavy atom. The van der Waals surface area contributed by atoms with Gasteiger partial charge in [-0.1, -0.05) is 18.2 Å². The Hall–Kier alpha value is -1.02. The molecule has 1 fully saturated rings. The van der Waals surface area contributed by atoms with Gasteiger partial charge in [-0.05, 0) is 30.9 Å². The number of piperidine rings is 1. The Morgan fingerprint density at radius 2 is 1.94 bits per heavy atom. The normalized spacial score (nSPS) is 25.1. The van der Waals surface area contributed by atoms with Crippen LogP contribution in [0.15, 0.2) is 24.3 Å². The summed E-state index contributed by atoms with van der Waals surface area (Å²) in [6.07, 6.45) is 5.75. The van der Waals surface area contributed by atoms with Crippen molar-refractivity contribution in [3.05, 3.63) is 29.8 Å². The maximum Gasteiger partial charge on any atom is 0.151 e. The summed E-state index contributed by atoms with van der Waals surface area (Å²) in [5, 5.41) is 0. The summed E-state index contributed by atoms with van der Waals surface area (Å²) in [6, 6.07) is 8.47. The van der Waals surface area contributed by atoms with E-state index in [1.807, 2.05) is 0 Å². The molecular formula is C14H20NO+. The number of fused-ring (bicyclic) bond motifs is 1. The van der Waals surface area contributed by atoms with Crippen molar-refractivity contribution in [3.8, 4) is 5.75 Å². The number of benzene rings is 1. The minimum absolute atomic E-state index is 0.422. The van der Waals surface area contributed by atoms with Gasteiger partial charge in [0.25, 0.3) is 0 Å². The number of likely N-dealkylation sites (tertiary alicyclic amines) is 1. The van der Waals surface area contributed by atoms with E-state index < -0.39 is 0 Å². The fourth-order valence-corrected chi connectivity index (χ4v) is 2.95. The molecule has 1 aromatic rings. The van der Waals surface area contributed by atoms with E-state index >= 15 is 0 Å². The van der Waals surface area contributed by atoms with E-state index in [4.69, 9.17) is 4.74 Å². The molecule has 2 heterocycles. The molecule has 1 atom stereocenters. The quantitative estimate of drug-likeness (QED) is 0.783. The van der Waals surface area contributed by atoms with Gasteiger partial charge in [0.2, 0.25) is 0 Å². The monoisotopic (exact) mass is 218 g/mol. The van der Waals surface area contributed by atoms with E-state index in [1.54, 1.807) is 4.90 Å². The summed E-state index contributed by atoms with van der Waals surface area (Å²) in [5.74, 6) is 1.11. The second-order valence-corrected chi connectivity index (χ2v) is 5.07. The van der Waals surface area contributed by atoms with Gasteiger partial charge in [0, 0.05) is 6.42 Å². The smallest absolute Gasteiger partial charge is 0.151 e. The average molecular weight is 218 g/mol. The SMILES string of the molecule is c1ccc2c(c1)C[C@@H](C[NH+]1CCCCC1)O2. The van der Waals surface area contributed by atoms with Crippen LogP contribution in [0.25, 0.3) is 0 Å².